The van der Waals surface area contributed by atoms with Gasteiger partial charge >= 0.3 is 0 Å². The third kappa shape index (κ3) is 7.46. The summed E-state index contributed by atoms with van der Waals surface area (Å²) in [4.78, 5) is 35.1. The van der Waals surface area contributed by atoms with Gasteiger partial charge in [-0.1, -0.05) is 41.9 Å². The second-order valence-electron chi connectivity index (χ2n) is 10.6. The summed E-state index contributed by atoms with van der Waals surface area (Å²) in [5.74, 6) is 0.243. The number of thiocarbonyl (C=S) groups is 1. The molecule has 3 aromatic carbocycles. The molecule has 2 aliphatic heterocycles. The van der Waals surface area contributed by atoms with Crippen molar-refractivity contribution in [2.45, 2.75) is 25.4 Å². The quantitative estimate of drug-likeness (QED) is 0.312. The van der Waals surface area contributed by atoms with Crippen molar-refractivity contribution in [3.63, 3.8) is 0 Å². The van der Waals surface area contributed by atoms with Gasteiger partial charge in [-0.15, -0.1) is 0 Å². The van der Waals surface area contributed by atoms with E-state index in [1.165, 1.54) is 10.5 Å². The van der Waals surface area contributed by atoms with Gasteiger partial charge in [0.05, 0.1) is 19.2 Å². The maximum Gasteiger partial charge on any atom is 0.256 e. The van der Waals surface area contributed by atoms with E-state index in [0.717, 1.165) is 45.7 Å². The van der Waals surface area contributed by atoms with E-state index in [4.69, 9.17) is 28.6 Å². The molecule has 8 nitrogen and oxygen atoms in total. The molecule has 2 heterocycles. The van der Waals surface area contributed by atoms with Gasteiger partial charge in [0.25, 0.3) is 5.91 Å². The summed E-state index contributed by atoms with van der Waals surface area (Å²) in [6.07, 6.45) is 0.824. The number of piperazine rings is 1. The molecule has 220 valence electrons. The maximum absolute atomic E-state index is 13.7. The van der Waals surface area contributed by atoms with E-state index in [2.05, 4.69) is 39.4 Å². The first kappa shape index (κ1) is 30.0. The van der Waals surface area contributed by atoms with E-state index >= 15 is 0 Å². The maximum atomic E-state index is 13.7. The zero-order chi connectivity index (χ0) is 29.5. The molecule has 1 atom stereocenters. The highest BCUT2D eigenvalue weighted by atomic mass is 35.5. The summed E-state index contributed by atoms with van der Waals surface area (Å²) in [5.41, 5.74) is 2.62. The number of nitrogens with one attached hydrogen (secondary N) is 1. The Kier molecular flexibility index (Phi) is 10.1. The van der Waals surface area contributed by atoms with Gasteiger partial charge in [-0.2, -0.15) is 0 Å². The molecule has 3 aromatic rings. The summed E-state index contributed by atoms with van der Waals surface area (Å²) >= 11 is 11.9. The van der Waals surface area contributed by atoms with Crippen LogP contribution in [0.2, 0.25) is 5.02 Å². The number of benzene rings is 3. The highest BCUT2D eigenvalue weighted by Crippen LogP contribution is 2.29. The number of carbonyl (C=O) groups excluding carboxylic acids is 2. The number of nitrogens with zero attached hydrogens (tertiary/aromatic N) is 4. The number of carbonyl (C=O) groups is 2. The normalized spacial score (nSPS) is 18.0. The Morgan fingerprint density at radius 2 is 1.60 bits per heavy atom. The molecule has 42 heavy (non-hydrogen) atoms. The van der Waals surface area contributed by atoms with Crippen molar-refractivity contribution >= 4 is 52.1 Å². The molecule has 2 saturated heterocycles. The van der Waals surface area contributed by atoms with Gasteiger partial charge in [0.1, 0.15) is 11.8 Å². The lowest BCUT2D eigenvalue weighted by Gasteiger charge is -2.35. The highest BCUT2D eigenvalue weighted by Gasteiger charge is 2.43. The van der Waals surface area contributed by atoms with Crippen molar-refractivity contribution in [3.05, 3.63) is 89.4 Å². The summed E-state index contributed by atoms with van der Waals surface area (Å²) in [6, 6.07) is 24.0. The second-order valence-corrected chi connectivity index (χ2v) is 11.4. The van der Waals surface area contributed by atoms with Crippen LogP contribution in [0.1, 0.15) is 18.4 Å². The van der Waals surface area contributed by atoms with E-state index in [9.17, 15) is 9.59 Å². The third-order valence-electron chi connectivity index (χ3n) is 7.74. The van der Waals surface area contributed by atoms with Gasteiger partial charge in [-0.05, 0) is 79.3 Å². The lowest BCUT2D eigenvalue weighted by molar-refractivity contribution is -0.124. The number of hydrogen-bond acceptors (Lipinski definition) is 6. The number of hydrogen-bond donors (Lipinski definition) is 1. The number of anilines is 2. The van der Waals surface area contributed by atoms with Gasteiger partial charge in [0.2, 0.25) is 5.91 Å². The van der Waals surface area contributed by atoms with E-state index < -0.39 is 6.04 Å². The van der Waals surface area contributed by atoms with Crippen LogP contribution in [0.3, 0.4) is 0 Å². The number of methoxy groups -OCH3 is 1. The Bertz CT molecular complexity index is 1370. The molecule has 0 saturated carbocycles. The van der Waals surface area contributed by atoms with E-state index in [1.807, 2.05) is 11.0 Å². The lowest BCUT2D eigenvalue weighted by atomic mass is 10.1. The zero-order valence-electron chi connectivity index (χ0n) is 23.7. The molecule has 5 rings (SSSR count). The summed E-state index contributed by atoms with van der Waals surface area (Å²) in [5, 5.41) is 3.89. The highest BCUT2D eigenvalue weighted by molar-refractivity contribution is 7.80. The minimum atomic E-state index is -0.686. The van der Waals surface area contributed by atoms with Gasteiger partial charge in [-0.25, -0.2) is 0 Å². The molecule has 0 aliphatic carbocycles. The van der Waals surface area contributed by atoms with Crippen LogP contribution in [0.15, 0.2) is 78.9 Å². The Hall–Kier alpha value is -3.50. The summed E-state index contributed by atoms with van der Waals surface area (Å²) in [6.45, 7) is 6.50. The smallest absolute Gasteiger partial charge is 0.256 e. The van der Waals surface area contributed by atoms with Crippen molar-refractivity contribution in [1.82, 2.24) is 14.7 Å². The molecule has 0 spiro atoms. The Balaban J connectivity index is 1.20. The molecule has 1 N–H and O–H groups in total. The van der Waals surface area contributed by atoms with Crippen LogP contribution in [0.5, 0.6) is 5.75 Å². The van der Waals surface area contributed by atoms with Crippen molar-refractivity contribution < 1.29 is 14.3 Å². The summed E-state index contributed by atoms with van der Waals surface area (Å²) in [7, 11) is 1.59. The monoisotopic (exact) mass is 605 g/mol. The molecule has 0 bridgehead atoms. The standard InChI is InChI=1S/C32H36ClN5O3S/c1-41-28-14-10-26(11-15-28)34-30(39)22-29-31(40)38(27-12-8-25(33)9-13-27)32(42)37(29)17-5-16-35-18-20-36(21-19-35)23-24-6-3-2-4-7-24/h2-4,6-15,29H,5,16-23H2,1H3,(H,34,39)/t29-/m1/s1. The molecule has 2 aliphatic rings. The molecule has 0 unspecified atom stereocenters. The first-order valence-corrected chi connectivity index (χ1v) is 15.0. The Morgan fingerprint density at radius 3 is 2.26 bits per heavy atom. The van der Waals surface area contributed by atoms with E-state index in [0.29, 0.717) is 33.8 Å². The number of amides is 2. The molecular formula is C32H36ClN5O3S. The molecule has 2 fully saturated rings. The van der Waals surface area contributed by atoms with E-state index in [1.54, 1.807) is 55.6 Å². The number of ether oxygens (including phenoxy) is 1. The second kappa shape index (κ2) is 14.1. The van der Waals surface area contributed by atoms with E-state index in [-0.39, 0.29) is 18.2 Å². The topological polar surface area (TPSA) is 68.4 Å². The Labute approximate surface area is 257 Å². The average Bonchev–Trinajstić information content (AvgIpc) is 3.23. The van der Waals surface area contributed by atoms with Crippen LogP contribution in [-0.2, 0) is 16.1 Å². The molecule has 10 heteroatoms. The minimum absolute atomic E-state index is 0.00669. The van der Waals surface area contributed by atoms with Crippen LogP contribution in [0.25, 0.3) is 0 Å². The fraction of sp³-hybridized carbons (Fsp3) is 0.344. The first-order chi connectivity index (χ1) is 20.4. The predicted molar refractivity (Wildman–Crippen MR) is 171 cm³/mol. The zero-order valence-corrected chi connectivity index (χ0v) is 25.3. The Morgan fingerprint density at radius 1 is 0.929 bits per heavy atom. The van der Waals surface area contributed by atoms with Crippen molar-refractivity contribution in [1.29, 1.82) is 0 Å². The van der Waals surface area contributed by atoms with Gasteiger partial charge in [0.15, 0.2) is 5.11 Å². The SMILES string of the molecule is COc1ccc(NC(=O)C[C@@H]2C(=O)N(c3ccc(Cl)cc3)C(=S)N2CCCN2CCN(Cc3ccccc3)CC2)cc1. The largest absolute Gasteiger partial charge is 0.497 e. The van der Waals surface area contributed by atoms with Crippen molar-refractivity contribution in [2.24, 2.45) is 0 Å². The van der Waals surface area contributed by atoms with Crippen LogP contribution in [0.4, 0.5) is 11.4 Å². The van der Waals surface area contributed by atoms with Gasteiger partial charge in [0, 0.05) is 50.0 Å². The fourth-order valence-electron chi connectivity index (χ4n) is 5.45. The van der Waals surface area contributed by atoms with Crippen LogP contribution in [-0.4, -0.2) is 84.0 Å². The lowest BCUT2D eigenvalue weighted by Crippen LogP contribution is -2.47. The number of rotatable bonds is 11. The van der Waals surface area contributed by atoms with Gasteiger partial charge in [-0.3, -0.25) is 19.4 Å². The van der Waals surface area contributed by atoms with Crippen molar-refractivity contribution in [2.75, 3.05) is 56.6 Å². The summed E-state index contributed by atoms with van der Waals surface area (Å²) < 4.78 is 5.20. The molecule has 2 amide bonds. The van der Waals surface area contributed by atoms with Crippen molar-refractivity contribution in [3.8, 4) is 5.75 Å². The predicted octanol–water partition coefficient (Wildman–Crippen LogP) is 4.89. The van der Waals surface area contributed by atoms with Crippen LogP contribution >= 0.6 is 23.8 Å². The minimum Gasteiger partial charge on any atom is -0.497 e. The molecule has 0 aromatic heterocycles. The van der Waals surface area contributed by atoms with Crippen LogP contribution < -0.4 is 15.0 Å². The molecule has 0 radical (unpaired) electrons. The first-order valence-electron chi connectivity index (χ1n) is 14.2. The molecular weight excluding hydrogens is 570 g/mol. The van der Waals surface area contributed by atoms with Gasteiger partial charge < -0.3 is 19.9 Å². The number of halogens is 1. The van der Waals surface area contributed by atoms with Crippen LogP contribution in [0, 0.1) is 0 Å². The third-order valence-corrected chi connectivity index (χ3v) is 8.41. The average molecular weight is 606 g/mol. The fourth-order valence-corrected chi connectivity index (χ4v) is 5.99.